The van der Waals surface area contributed by atoms with Crippen molar-refractivity contribution in [2.24, 2.45) is 5.92 Å². The molecule has 3 heterocycles. The number of esters is 1. The number of morpholine rings is 1. The number of nitrogens with one attached hydrogen (secondary N) is 2. The standard InChI is InChI=1S/C32H36ClFN6O4/c1-20-16-40(17-31(42)44-20)23-8-11-39(12-9-23)10-2-3-30(41)38-28-14-24-27(15-29(28)43-18-21-4-5-21)35-19-36-32(24)37-22-6-7-26(34)25(33)13-22/h2-3,6-7,13-15,19-21,23H,4-5,8-12,16-18H2,1H3,(H,38,41)(H,35,36,37)/b3-2+/t20-/m1/s1. The summed E-state index contributed by atoms with van der Waals surface area (Å²) in [6.07, 6.45) is 9.00. The van der Waals surface area contributed by atoms with E-state index in [0.717, 1.165) is 45.3 Å². The molecule has 2 saturated heterocycles. The van der Waals surface area contributed by atoms with Crippen molar-refractivity contribution >= 4 is 51.6 Å². The fourth-order valence-electron chi connectivity index (χ4n) is 5.69. The first-order valence-corrected chi connectivity index (χ1v) is 15.5. The Morgan fingerprint density at radius 3 is 2.75 bits per heavy atom. The van der Waals surface area contributed by atoms with Crippen molar-refractivity contribution in [3.63, 3.8) is 0 Å². The molecular formula is C32H36ClFN6O4. The highest BCUT2D eigenvalue weighted by molar-refractivity contribution is 6.31. The molecule has 0 radical (unpaired) electrons. The van der Waals surface area contributed by atoms with Crippen LogP contribution in [0.5, 0.6) is 5.75 Å². The van der Waals surface area contributed by atoms with E-state index in [1.165, 1.54) is 18.5 Å². The van der Waals surface area contributed by atoms with E-state index >= 15 is 0 Å². The average molecular weight is 623 g/mol. The predicted molar refractivity (Wildman–Crippen MR) is 167 cm³/mol. The maximum absolute atomic E-state index is 13.7. The summed E-state index contributed by atoms with van der Waals surface area (Å²) in [6, 6.07) is 8.30. The maximum atomic E-state index is 13.7. The summed E-state index contributed by atoms with van der Waals surface area (Å²) in [5, 5.41) is 6.80. The molecule has 44 heavy (non-hydrogen) atoms. The molecule has 6 rings (SSSR count). The van der Waals surface area contributed by atoms with Crippen molar-refractivity contribution in [1.82, 2.24) is 19.8 Å². The van der Waals surface area contributed by atoms with Gasteiger partial charge in [-0.3, -0.25) is 19.4 Å². The molecule has 1 saturated carbocycles. The molecule has 1 aliphatic carbocycles. The highest BCUT2D eigenvalue weighted by atomic mass is 35.5. The molecule has 3 aromatic rings. The van der Waals surface area contributed by atoms with Gasteiger partial charge in [-0.25, -0.2) is 14.4 Å². The minimum absolute atomic E-state index is 0.00328. The van der Waals surface area contributed by atoms with Gasteiger partial charge in [0, 0.05) is 42.3 Å². The third-order valence-corrected chi connectivity index (χ3v) is 8.50. The van der Waals surface area contributed by atoms with Crippen LogP contribution < -0.4 is 15.4 Å². The lowest BCUT2D eigenvalue weighted by atomic mass is 10.0. The van der Waals surface area contributed by atoms with Gasteiger partial charge >= 0.3 is 5.97 Å². The van der Waals surface area contributed by atoms with Crippen LogP contribution in [0.15, 0.2) is 48.8 Å². The third-order valence-electron chi connectivity index (χ3n) is 8.21. The van der Waals surface area contributed by atoms with Gasteiger partial charge in [0.1, 0.15) is 29.8 Å². The van der Waals surface area contributed by atoms with E-state index in [1.807, 2.05) is 13.0 Å². The Morgan fingerprint density at radius 2 is 2.00 bits per heavy atom. The molecule has 232 valence electrons. The normalized spacial score (nSPS) is 20.2. The van der Waals surface area contributed by atoms with Gasteiger partial charge in [-0.15, -0.1) is 0 Å². The largest absolute Gasteiger partial charge is 0.491 e. The molecule has 2 N–H and O–H groups in total. The quantitative estimate of drug-likeness (QED) is 0.234. The second-order valence-electron chi connectivity index (χ2n) is 11.7. The Labute approximate surface area is 260 Å². The highest BCUT2D eigenvalue weighted by Gasteiger charge is 2.31. The molecule has 1 atom stereocenters. The smallest absolute Gasteiger partial charge is 0.320 e. The first-order chi connectivity index (χ1) is 21.3. The van der Waals surface area contributed by atoms with Crippen LogP contribution in [0.1, 0.15) is 32.6 Å². The monoisotopic (exact) mass is 622 g/mol. The minimum Gasteiger partial charge on any atom is -0.491 e. The lowest BCUT2D eigenvalue weighted by Gasteiger charge is -2.40. The van der Waals surface area contributed by atoms with E-state index in [1.54, 1.807) is 24.3 Å². The zero-order valence-corrected chi connectivity index (χ0v) is 25.4. The number of fused-ring (bicyclic) bond motifs is 1. The Kier molecular flexibility index (Phi) is 9.25. The second-order valence-corrected chi connectivity index (χ2v) is 12.2. The van der Waals surface area contributed by atoms with Crippen LogP contribution in [0.2, 0.25) is 5.02 Å². The first-order valence-electron chi connectivity index (χ1n) is 15.1. The molecule has 1 aromatic heterocycles. The Balaban J connectivity index is 1.11. The van der Waals surface area contributed by atoms with E-state index in [2.05, 4.69) is 30.4 Å². The van der Waals surface area contributed by atoms with Crippen molar-refractivity contribution in [3.8, 4) is 5.75 Å². The number of amides is 1. The molecule has 0 spiro atoms. The fourth-order valence-corrected chi connectivity index (χ4v) is 5.87. The fraction of sp³-hybridized carbons (Fsp3) is 0.438. The van der Waals surface area contributed by atoms with E-state index in [-0.39, 0.29) is 23.0 Å². The predicted octanol–water partition coefficient (Wildman–Crippen LogP) is 5.16. The third kappa shape index (κ3) is 7.64. The van der Waals surface area contributed by atoms with Gasteiger partial charge in [0.25, 0.3) is 0 Å². The van der Waals surface area contributed by atoms with Crippen LogP contribution >= 0.6 is 11.6 Å². The topological polar surface area (TPSA) is 109 Å². The molecule has 10 nitrogen and oxygen atoms in total. The van der Waals surface area contributed by atoms with Crippen molar-refractivity contribution in [3.05, 3.63) is 59.7 Å². The van der Waals surface area contributed by atoms with Crippen LogP contribution in [0.25, 0.3) is 10.9 Å². The highest BCUT2D eigenvalue weighted by Crippen LogP contribution is 2.36. The first kappa shape index (κ1) is 30.2. The molecule has 0 bridgehead atoms. The number of hydrogen-bond acceptors (Lipinski definition) is 9. The van der Waals surface area contributed by atoms with E-state index in [0.29, 0.717) is 65.5 Å². The number of cyclic esters (lactones) is 1. The van der Waals surface area contributed by atoms with Crippen molar-refractivity contribution in [2.75, 3.05) is 50.0 Å². The van der Waals surface area contributed by atoms with Crippen molar-refractivity contribution in [2.45, 2.75) is 44.8 Å². The number of carbonyl (C=O) groups excluding carboxylic acids is 2. The Morgan fingerprint density at radius 1 is 1.18 bits per heavy atom. The summed E-state index contributed by atoms with van der Waals surface area (Å²) in [7, 11) is 0. The summed E-state index contributed by atoms with van der Waals surface area (Å²) < 4.78 is 25.1. The van der Waals surface area contributed by atoms with Gasteiger partial charge in [0.15, 0.2) is 0 Å². The van der Waals surface area contributed by atoms with Crippen LogP contribution in [-0.2, 0) is 14.3 Å². The van der Waals surface area contributed by atoms with Crippen molar-refractivity contribution < 1.29 is 23.5 Å². The van der Waals surface area contributed by atoms with Gasteiger partial charge < -0.3 is 20.1 Å². The van der Waals surface area contributed by atoms with Crippen LogP contribution in [0.4, 0.5) is 21.6 Å². The number of carbonyl (C=O) groups is 2. The molecule has 0 unspecified atom stereocenters. The van der Waals surface area contributed by atoms with E-state index in [4.69, 9.17) is 21.1 Å². The zero-order valence-electron chi connectivity index (χ0n) is 24.6. The van der Waals surface area contributed by atoms with Crippen LogP contribution in [-0.4, -0.2) is 83.1 Å². The summed E-state index contributed by atoms with van der Waals surface area (Å²) in [5.74, 6) is 0.621. The molecule has 3 aliphatic rings. The van der Waals surface area contributed by atoms with Gasteiger partial charge in [0.2, 0.25) is 5.91 Å². The lowest BCUT2D eigenvalue weighted by Crippen LogP contribution is -2.52. The van der Waals surface area contributed by atoms with E-state index < -0.39 is 5.82 Å². The molecule has 2 aromatic carbocycles. The molecule has 2 aliphatic heterocycles. The Bertz CT molecular complexity index is 1560. The van der Waals surface area contributed by atoms with Crippen molar-refractivity contribution in [1.29, 1.82) is 0 Å². The Hall–Kier alpha value is -3.80. The number of piperidine rings is 1. The molecule has 1 amide bonds. The van der Waals surface area contributed by atoms with E-state index in [9.17, 15) is 14.0 Å². The number of ether oxygens (including phenoxy) is 2. The zero-order chi connectivity index (χ0) is 30.6. The number of aromatic nitrogens is 2. The number of benzene rings is 2. The number of anilines is 3. The summed E-state index contributed by atoms with van der Waals surface area (Å²) >= 11 is 5.97. The number of nitrogens with zero attached hydrogens (tertiary/aromatic N) is 4. The average Bonchev–Trinajstić information content (AvgIpc) is 3.83. The molecule has 3 fully saturated rings. The molecular weight excluding hydrogens is 587 g/mol. The summed E-state index contributed by atoms with van der Waals surface area (Å²) in [5.41, 5.74) is 1.71. The summed E-state index contributed by atoms with van der Waals surface area (Å²) in [4.78, 5) is 38.2. The van der Waals surface area contributed by atoms with Crippen LogP contribution in [0, 0.1) is 11.7 Å². The maximum Gasteiger partial charge on any atom is 0.320 e. The number of hydrogen-bond donors (Lipinski definition) is 2. The summed E-state index contributed by atoms with van der Waals surface area (Å²) in [6.45, 7) is 6.10. The number of likely N-dealkylation sites (tertiary alicyclic amines) is 1. The lowest BCUT2D eigenvalue weighted by molar-refractivity contribution is -0.159. The van der Waals surface area contributed by atoms with Gasteiger partial charge in [0.05, 0.1) is 29.4 Å². The number of rotatable bonds is 10. The minimum atomic E-state index is -0.509. The van der Waals surface area contributed by atoms with Gasteiger partial charge in [-0.2, -0.15) is 0 Å². The van der Waals surface area contributed by atoms with Crippen LogP contribution in [0.3, 0.4) is 0 Å². The van der Waals surface area contributed by atoms with Gasteiger partial charge in [-0.1, -0.05) is 17.7 Å². The SMILES string of the molecule is C[C@@H]1CN(C2CCN(C/C=C/C(=O)Nc3cc4c(Nc5ccc(F)c(Cl)c5)ncnc4cc3OCC3CC3)CC2)CC(=O)O1. The number of halogens is 2. The molecule has 12 heteroatoms. The van der Waals surface area contributed by atoms with Gasteiger partial charge in [-0.05, 0) is 75.9 Å². The second kappa shape index (κ2) is 13.5.